The fourth-order valence-corrected chi connectivity index (χ4v) is 3.33. The maximum absolute atomic E-state index is 12.3. The Kier molecular flexibility index (Phi) is 5.00. The molecule has 1 N–H and O–H groups in total. The Bertz CT molecular complexity index is 611. The second kappa shape index (κ2) is 7.18. The van der Waals surface area contributed by atoms with Gasteiger partial charge in [0.1, 0.15) is 18.5 Å². The zero-order chi connectivity index (χ0) is 17.1. The molecular formula is C19H23NO4. The van der Waals surface area contributed by atoms with Gasteiger partial charge in [0, 0.05) is 0 Å². The largest absolute Gasteiger partial charge is 0.491 e. The van der Waals surface area contributed by atoms with Crippen LogP contribution in [0.1, 0.15) is 25.3 Å². The average Bonchev–Trinajstić information content (AvgIpc) is 2.86. The van der Waals surface area contributed by atoms with E-state index in [9.17, 15) is 14.7 Å². The number of aryl methyl sites for hydroxylation is 1. The molecule has 2 aliphatic rings. The van der Waals surface area contributed by atoms with Gasteiger partial charge in [0.05, 0.1) is 18.4 Å². The molecule has 3 rings (SSSR count). The Labute approximate surface area is 141 Å². The fourth-order valence-electron chi connectivity index (χ4n) is 3.33. The molecule has 5 heteroatoms. The van der Waals surface area contributed by atoms with Gasteiger partial charge in [0.2, 0.25) is 11.8 Å². The van der Waals surface area contributed by atoms with Gasteiger partial charge in [-0.15, -0.1) is 0 Å². The molecule has 1 saturated heterocycles. The number of carbonyl (C=O) groups is 2. The van der Waals surface area contributed by atoms with Crippen molar-refractivity contribution in [3.63, 3.8) is 0 Å². The van der Waals surface area contributed by atoms with Crippen LogP contribution in [0.2, 0.25) is 0 Å². The summed E-state index contributed by atoms with van der Waals surface area (Å²) in [6, 6.07) is 7.68. The lowest BCUT2D eigenvalue weighted by Crippen LogP contribution is -2.40. The molecule has 3 atom stereocenters. The van der Waals surface area contributed by atoms with Gasteiger partial charge >= 0.3 is 0 Å². The number of fused-ring (bicyclic) bond motifs is 1. The van der Waals surface area contributed by atoms with E-state index in [0.717, 1.165) is 6.42 Å². The van der Waals surface area contributed by atoms with Crippen LogP contribution in [-0.2, 0) is 16.0 Å². The Morgan fingerprint density at radius 1 is 1.12 bits per heavy atom. The molecule has 1 aromatic carbocycles. The third-order valence-corrected chi connectivity index (χ3v) is 4.77. The molecule has 1 heterocycles. The molecular weight excluding hydrogens is 306 g/mol. The van der Waals surface area contributed by atoms with E-state index in [0.29, 0.717) is 18.6 Å². The smallest absolute Gasteiger partial charge is 0.233 e. The summed E-state index contributed by atoms with van der Waals surface area (Å²) in [6.45, 7) is 2.13. The fraction of sp³-hybridized carbons (Fsp3) is 0.474. The number of benzene rings is 1. The van der Waals surface area contributed by atoms with Crippen LogP contribution in [-0.4, -0.2) is 41.1 Å². The topological polar surface area (TPSA) is 66.8 Å². The first-order chi connectivity index (χ1) is 11.6. The van der Waals surface area contributed by atoms with Gasteiger partial charge < -0.3 is 9.84 Å². The number of likely N-dealkylation sites (tertiary alicyclic amines) is 1. The van der Waals surface area contributed by atoms with Crippen LogP contribution in [0.4, 0.5) is 0 Å². The number of nitrogens with zero attached hydrogens (tertiary/aromatic N) is 1. The van der Waals surface area contributed by atoms with Crippen LogP contribution >= 0.6 is 0 Å². The normalized spacial score (nSPS) is 24.2. The summed E-state index contributed by atoms with van der Waals surface area (Å²) in [4.78, 5) is 25.9. The van der Waals surface area contributed by atoms with Crippen molar-refractivity contribution in [2.75, 3.05) is 13.2 Å². The third kappa shape index (κ3) is 3.36. The number of aliphatic hydroxyl groups is 1. The highest BCUT2D eigenvalue weighted by Crippen LogP contribution is 2.35. The zero-order valence-corrected chi connectivity index (χ0v) is 13.9. The van der Waals surface area contributed by atoms with Crippen molar-refractivity contribution in [2.45, 2.75) is 32.3 Å². The quantitative estimate of drug-likeness (QED) is 0.640. The minimum atomic E-state index is -0.892. The molecule has 0 aromatic heterocycles. The number of amides is 2. The molecule has 5 nitrogen and oxygen atoms in total. The minimum absolute atomic E-state index is 0.00227. The van der Waals surface area contributed by atoms with Crippen LogP contribution in [0.3, 0.4) is 0 Å². The number of carbonyl (C=O) groups excluding carboxylic acids is 2. The lowest BCUT2D eigenvalue weighted by atomic mass is 9.85. The van der Waals surface area contributed by atoms with Crippen molar-refractivity contribution in [3.8, 4) is 5.75 Å². The van der Waals surface area contributed by atoms with Gasteiger partial charge in [-0.25, -0.2) is 0 Å². The summed E-state index contributed by atoms with van der Waals surface area (Å²) in [7, 11) is 0. The first-order valence-electron chi connectivity index (χ1n) is 8.50. The Morgan fingerprint density at radius 3 is 2.25 bits per heavy atom. The van der Waals surface area contributed by atoms with E-state index >= 15 is 0 Å². The summed E-state index contributed by atoms with van der Waals surface area (Å²) >= 11 is 0. The van der Waals surface area contributed by atoms with Crippen molar-refractivity contribution in [2.24, 2.45) is 11.8 Å². The highest BCUT2D eigenvalue weighted by Gasteiger charge is 2.47. The number of β-amino-alcohol motifs (C(OH)–C–C–N with tert-alkyl or cyclic N) is 1. The van der Waals surface area contributed by atoms with Crippen LogP contribution in [0, 0.1) is 11.8 Å². The lowest BCUT2D eigenvalue weighted by molar-refractivity contribution is -0.141. The Balaban J connectivity index is 1.53. The minimum Gasteiger partial charge on any atom is -0.491 e. The van der Waals surface area contributed by atoms with Gasteiger partial charge in [-0.1, -0.05) is 31.2 Å². The van der Waals surface area contributed by atoms with E-state index in [1.165, 1.54) is 10.5 Å². The van der Waals surface area contributed by atoms with E-state index in [-0.39, 0.29) is 36.8 Å². The predicted octanol–water partition coefficient (Wildman–Crippen LogP) is 1.94. The van der Waals surface area contributed by atoms with Crippen molar-refractivity contribution in [1.82, 2.24) is 4.90 Å². The maximum Gasteiger partial charge on any atom is 0.233 e. The molecule has 1 aliphatic heterocycles. The zero-order valence-electron chi connectivity index (χ0n) is 13.9. The van der Waals surface area contributed by atoms with Crippen LogP contribution < -0.4 is 4.74 Å². The number of aliphatic hydroxyl groups excluding tert-OH is 1. The molecule has 0 spiro atoms. The molecule has 0 bridgehead atoms. The van der Waals surface area contributed by atoms with Crippen LogP contribution in [0.15, 0.2) is 36.4 Å². The summed E-state index contributed by atoms with van der Waals surface area (Å²) in [5, 5.41) is 10.2. The average molecular weight is 329 g/mol. The van der Waals surface area contributed by atoms with Gasteiger partial charge in [-0.05, 0) is 37.0 Å². The molecule has 0 unspecified atom stereocenters. The predicted molar refractivity (Wildman–Crippen MR) is 89.4 cm³/mol. The first kappa shape index (κ1) is 16.7. The number of allylic oxidation sites excluding steroid dienone is 2. The first-order valence-corrected chi connectivity index (χ1v) is 8.50. The molecule has 2 amide bonds. The molecule has 128 valence electrons. The number of ether oxygens (including phenoxy) is 1. The molecule has 1 aliphatic carbocycles. The third-order valence-electron chi connectivity index (χ3n) is 4.77. The highest BCUT2D eigenvalue weighted by atomic mass is 16.5. The Hall–Kier alpha value is -2.14. The second-order valence-corrected chi connectivity index (χ2v) is 6.41. The second-order valence-electron chi connectivity index (χ2n) is 6.41. The maximum atomic E-state index is 12.3. The van der Waals surface area contributed by atoms with E-state index < -0.39 is 6.10 Å². The van der Waals surface area contributed by atoms with Gasteiger partial charge in [0.15, 0.2) is 0 Å². The van der Waals surface area contributed by atoms with Gasteiger partial charge in [-0.3, -0.25) is 14.5 Å². The van der Waals surface area contributed by atoms with Crippen molar-refractivity contribution < 1.29 is 19.4 Å². The van der Waals surface area contributed by atoms with E-state index in [4.69, 9.17) is 4.74 Å². The van der Waals surface area contributed by atoms with Crippen molar-refractivity contribution in [1.29, 1.82) is 0 Å². The summed E-state index contributed by atoms with van der Waals surface area (Å²) < 4.78 is 5.56. The van der Waals surface area contributed by atoms with Crippen molar-refractivity contribution in [3.05, 3.63) is 42.0 Å². The SMILES string of the molecule is CCc1ccc(OC[C@@H](O)CN2C(=O)[C@H]3CC=CC[C@H]3C2=O)cc1. The van der Waals surface area contributed by atoms with Crippen molar-refractivity contribution >= 4 is 11.8 Å². The number of imide groups is 1. The Morgan fingerprint density at radius 2 is 1.71 bits per heavy atom. The van der Waals surface area contributed by atoms with Crippen LogP contribution in [0.5, 0.6) is 5.75 Å². The molecule has 24 heavy (non-hydrogen) atoms. The monoisotopic (exact) mass is 329 g/mol. The number of rotatable bonds is 6. The van der Waals surface area contributed by atoms with Crippen LogP contribution in [0.25, 0.3) is 0 Å². The molecule has 1 fully saturated rings. The standard InChI is InChI=1S/C19H23NO4/c1-2-13-7-9-15(10-8-13)24-12-14(21)11-20-18(22)16-5-3-4-6-17(16)19(20)23/h3-4,7-10,14,16-17,21H,2,5-6,11-12H2,1H3/t14-,16-,17+/m0/s1. The highest BCUT2D eigenvalue weighted by molar-refractivity contribution is 6.05. The summed E-state index contributed by atoms with van der Waals surface area (Å²) in [5.41, 5.74) is 1.22. The summed E-state index contributed by atoms with van der Waals surface area (Å²) in [5.74, 6) is -0.168. The van der Waals surface area contributed by atoms with E-state index in [1.54, 1.807) is 0 Å². The van der Waals surface area contributed by atoms with Gasteiger partial charge in [-0.2, -0.15) is 0 Å². The molecule has 1 aromatic rings. The lowest BCUT2D eigenvalue weighted by Gasteiger charge is -2.19. The number of hydrogen-bond acceptors (Lipinski definition) is 4. The molecule has 0 saturated carbocycles. The number of hydrogen-bond donors (Lipinski definition) is 1. The van der Waals surface area contributed by atoms with E-state index in [2.05, 4.69) is 6.92 Å². The van der Waals surface area contributed by atoms with E-state index in [1.807, 2.05) is 36.4 Å². The van der Waals surface area contributed by atoms with Gasteiger partial charge in [0.25, 0.3) is 0 Å². The summed E-state index contributed by atoms with van der Waals surface area (Å²) in [6.07, 6.45) is 5.20. The molecule has 0 radical (unpaired) electrons.